The Morgan fingerprint density at radius 2 is 1.90 bits per heavy atom. The number of nitrogens with one attached hydrogen (secondary N) is 1. The van der Waals surface area contributed by atoms with E-state index in [2.05, 4.69) is 19.7 Å². The predicted molar refractivity (Wildman–Crippen MR) is 105 cm³/mol. The molecule has 0 amide bonds. The number of hydrogen-bond donors (Lipinski definition) is 1. The summed E-state index contributed by atoms with van der Waals surface area (Å²) in [6.07, 6.45) is 1.53. The molecule has 2 heterocycles. The fraction of sp³-hybridized carbons (Fsp3) is 0.250. The first-order valence-corrected chi connectivity index (χ1v) is 8.72. The minimum absolute atomic E-state index is 0. The molecule has 0 spiro atoms. The van der Waals surface area contributed by atoms with Gasteiger partial charge in [0.05, 0.1) is 25.3 Å². The van der Waals surface area contributed by atoms with Crippen molar-refractivity contribution in [2.24, 2.45) is 0 Å². The van der Waals surface area contributed by atoms with Crippen LogP contribution < -0.4 is 14.2 Å². The molecule has 3 rings (SSSR count). The second-order valence-corrected chi connectivity index (χ2v) is 6.45. The van der Waals surface area contributed by atoms with Crippen molar-refractivity contribution in [3.8, 4) is 17.2 Å². The maximum absolute atomic E-state index is 12.6. The van der Waals surface area contributed by atoms with Crippen molar-refractivity contribution in [3.63, 3.8) is 0 Å². The van der Waals surface area contributed by atoms with Crippen molar-refractivity contribution in [1.29, 1.82) is 0 Å². The zero-order chi connectivity index (χ0) is 18.7. The van der Waals surface area contributed by atoms with Crippen molar-refractivity contribution in [2.75, 3.05) is 14.2 Å². The first-order chi connectivity index (χ1) is 12.5. The van der Waals surface area contributed by atoms with Crippen LogP contribution in [0.3, 0.4) is 0 Å². The van der Waals surface area contributed by atoms with Crippen LogP contribution in [0.15, 0.2) is 35.6 Å². The number of benzene rings is 1. The number of ether oxygens (including phenoxy) is 3. The molecule has 9 nitrogen and oxygen atoms in total. The van der Waals surface area contributed by atoms with E-state index < -0.39 is 17.8 Å². The number of aromatic amines is 1. The number of imidazole rings is 1. The zero-order valence-electron chi connectivity index (χ0n) is 14.9. The maximum atomic E-state index is 12.6. The van der Waals surface area contributed by atoms with Crippen LogP contribution in [0.2, 0.25) is 0 Å². The van der Waals surface area contributed by atoms with Gasteiger partial charge in [-0.3, -0.25) is 9.97 Å². The average molecular weight is 443 g/mol. The standard InChI is InChI=1S/C16H15F2N3O4S.Na.2H2O.H/c1-23-13-5-6-19-12(14(13)24-2)8-26(22)16-20-10-4-3-9(25-15(17)18)7-11(10)21-16;;;;/h3-7,15H,8H2,1-2H3,(H,20,21);;2*1H2;/t26-;;;;/m0..../s1. The Balaban J connectivity index is 0.00000261. The molecule has 29 heavy (non-hydrogen) atoms. The van der Waals surface area contributed by atoms with Crippen molar-refractivity contribution in [2.45, 2.75) is 17.5 Å². The summed E-state index contributed by atoms with van der Waals surface area (Å²) < 4.78 is 52.1. The Hall–Kier alpha value is -1.67. The van der Waals surface area contributed by atoms with Gasteiger partial charge in [-0.2, -0.15) is 13.8 Å². The van der Waals surface area contributed by atoms with Gasteiger partial charge in [0.25, 0.3) is 0 Å². The summed E-state index contributed by atoms with van der Waals surface area (Å²) in [7, 11) is 2.97. The van der Waals surface area contributed by atoms with Crippen LogP contribution in [-0.4, -0.2) is 80.8 Å². The molecule has 0 bridgehead atoms. The van der Waals surface area contributed by atoms with Crippen LogP contribution in [0.1, 0.15) is 5.69 Å². The molecule has 3 aromatic rings. The van der Waals surface area contributed by atoms with E-state index in [0.29, 0.717) is 28.2 Å². The number of H-pyrrole nitrogens is 1. The third-order valence-electron chi connectivity index (χ3n) is 3.51. The van der Waals surface area contributed by atoms with Gasteiger partial charge in [-0.05, 0) is 12.1 Å². The summed E-state index contributed by atoms with van der Waals surface area (Å²) in [6, 6.07) is 5.90. The number of hydrogen-bond acceptors (Lipinski definition) is 6. The fourth-order valence-electron chi connectivity index (χ4n) is 2.39. The predicted octanol–water partition coefficient (Wildman–Crippen LogP) is 0.586. The van der Waals surface area contributed by atoms with E-state index in [1.54, 1.807) is 6.07 Å². The normalized spacial score (nSPS) is 11.1. The Bertz CT molecular complexity index is 917. The van der Waals surface area contributed by atoms with Gasteiger partial charge < -0.3 is 29.7 Å². The molecule has 0 saturated carbocycles. The molecule has 1 aromatic carbocycles. The number of aromatic nitrogens is 3. The van der Waals surface area contributed by atoms with E-state index in [9.17, 15) is 13.3 Å². The van der Waals surface area contributed by atoms with E-state index in [-0.39, 0.29) is 57.2 Å². The Labute approximate surface area is 189 Å². The Kier molecular flexibility index (Phi) is 11.4. The third-order valence-corrected chi connectivity index (χ3v) is 4.67. The van der Waals surface area contributed by atoms with E-state index >= 15 is 0 Å². The van der Waals surface area contributed by atoms with E-state index in [1.165, 1.54) is 38.6 Å². The second kappa shape index (κ2) is 12.1. The van der Waals surface area contributed by atoms with Gasteiger partial charge in [0.1, 0.15) is 11.4 Å². The fourth-order valence-corrected chi connectivity index (χ4v) is 3.41. The average Bonchev–Trinajstić information content (AvgIpc) is 3.04. The Morgan fingerprint density at radius 3 is 2.52 bits per heavy atom. The number of fused-ring (bicyclic) bond motifs is 1. The van der Waals surface area contributed by atoms with E-state index in [4.69, 9.17) is 9.47 Å². The minimum atomic E-state index is -2.92. The molecule has 0 aliphatic rings. The summed E-state index contributed by atoms with van der Waals surface area (Å²) in [4.78, 5) is 11.3. The van der Waals surface area contributed by atoms with Crippen LogP contribution in [0, 0.1) is 0 Å². The zero-order valence-corrected chi connectivity index (χ0v) is 15.7. The van der Waals surface area contributed by atoms with Crippen LogP contribution in [0.4, 0.5) is 8.78 Å². The summed E-state index contributed by atoms with van der Waals surface area (Å²) >= 11 is -1.56. The van der Waals surface area contributed by atoms with Gasteiger partial charge >= 0.3 is 41.3 Å². The molecule has 156 valence electrons. The molecule has 1 atom stereocenters. The molecule has 2 aromatic heterocycles. The molecule has 0 fully saturated rings. The summed E-state index contributed by atoms with van der Waals surface area (Å²) in [5, 5.41) is 0.195. The van der Waals surface area contributed by atoms with E-state index in [0.717, 1.165) is 0 Å². The number of rotatable bonds is 7. The summed E-state index contributed by atoms with van der Waals surface area (Å²) in [5.41, 5.74) is 1.38. The number of pyridine rings is 1. The molecule has 0 aliphatic heterocycles. The topological polar surface area (TPSA) is 155 Å². The summed E-state index contributed by atoms with van der Waals surface area (Å²) in [6.45, 7) is -2.92. The molecule has 0 saturated heterocycles. The van der Waals surface area contributed by atoms with Crippen molar-refractivity contribution >= 4 is 51.8 Å². The van der Waals surface area contributed by atoms with Gasteiger partial charge in [-0.15, -0.1) is 0 Å². The van der Waals surface area contributed by atoms with Crippen LogP contribution in [-0.2, 0) is 16.9 Å². The molecule has 13 heteroatoms. The molecular formula is C16H20F2N3NaO6S. The van der Waals surface area contributed by atoms with Crippen LogP contribution >= 0.6 is 0 Å². The van der Waals surface area contributed by atoms with Gasteiger partial charge in [0.15, 0.2) is 17.3 Å². The molecule has 5 N–H and O–H groups in total. The number of methoxy groups -OCH3 is 2. The van der Waals surface area contributed by atoms with Crippen LogP contribution in [0.5, 0.6) is 17.2 Å². The second-order valence-electron chi connectivity index (χ2n) is 5.08. The summed E-state index contributed by atoms with van der Waals surface area (Å²) in [5.74, 6) is 0.896. The number of halogens is 2. The quantitative estimate of drug-likeness (QED) is 0.416. The van der Waals surface area contributed by atoms with Crippen molar-refractivity contribution < 1.29 is 38.5 Å². The SMILES string of the molecule is COc1ccnc(C[S@+]([O-])c2nc3cc(OC(F)F)ccc3[nH]2)c1OC.O.O.[NaH]. The molecule has 0 radical (unpaired) electrons. The van der Waals surface area contributed by atoms with Gasteiger partial charge in [-0.25, -0.2) is 0 Å². The molecule has 0 aliphatic carbocycles. The van der Waals surface area contributed by atoms with Crippen molar-refractivity contribution in [3.05, 3.63) is 36.2 Å². The third kappa shape index (κ3) is 6.40. The number of nitrogens with zero attached hydrogens (tertiary/aromatic N) is 2. The molecule has 0 unspecified atom stereocenters. The van der Waals surface area contributed by atoms with Crippen LogP contribution in [0.25, 0.3) is 11.0 Å². The monoisotopic (exact) mass is 443 g/mol. The molecular weight excluding hydrogens is 423 g/mol. The Morgan fingerprint density at radius 1 is 1.17 bits per heavy atom. The number of alkyl halides is 2. The van der Waals surface area contributed by atoms with Gasteiger partial charge in [-0.1, -0.05) is 0 Å². The van der Waals surface area contributed by atoms with Crippen molar-refractivity contribution in [1.82, 2.24) is 15.0 Å². The van der Waals surface area contributed by atoms with Gasteiger partial charge in [0.2, 0.25) is 0 Å². The van der Waals surface area contributed by atoms with E-state index in [1.807, 2.05) is 0 Å². The van der Waals surface area contributed by atoms with Gasteiger partial charge in [0, 0.05) is 29.5 Å². The first-order valence-electron chi connectivity index (χ1n) is 7.40. The first kappa shape index (κ1) is 27.3.